The summed E-state index contributed by atoms with van der Waals surface area (Å²) in [5, 5.41) is 13.1. The topological polar surface area (TPSA) is 69.4 Å². The Hall–Kier alpha value is -2.16. The number of hydrogen-bond acceptors (Lipinski definition) is 6. The number of benzene rings is 1. The third-order valence-corrected chi connectivity index (χ3v) is 4.15. The van der Waals surface area contributed by atoms with Gasteiger partial charge in [0, 0.05) is 11.5 Å². The number of halogens is 2. The highest BCUT2D eigenvalue weighted by molar-refractivity contribution is 7.99. The first-order valence-corrected chi connectivity index (χ1v) is 7.09. The van der Waals surface area contributed by atoms with E-state index in [1.807, 2.05) is 0 Å². The van der Waals surface area contributed by atoms with Gasteiger partial charge in [0.25, 0.3) is 0 Å². The van der Waals surface area contributed by atoms with Gasteiger partial charge in [-0.15, -0.1) is 5.10 Å². The van der Waals surface area contributed by atoms with Gasteiger partial charge in [-0.2, -0.15) is 0 Å². The maximum atomic E-state index is 13.4. The quantitative estimate of drug-likeness (QED) is 0.692. The molecule has 4 rings (SSSR count). The largest absolute Gasteiger partial charge is 0.236 e. The lowest BCUT2D eigenvalue weighted by Crippen LogP contribution is -1.99. The van der Waals surface area contributed by atoms with E-state index < -0.39 is 11.6 Å². The molecule has 0 saturated heterocycles. The lowest BCUT2D eigenvalue weighted by atomic mass is 10.2. The first-order chi connectivity index (χ1) is 10.2. The number of nitrogens with zero attached hydrogens (tertiary/aromatic N) is 6. The summed E-state index contributed by atoms with van der Waals surface area (Å²) in [6.07, 6.45) is 3.40. The van der Waals surface area contributed by atoms with E-state index in [1.165, 1.54) is 18.1 Å². The van der Waals surface area contributed by atoms with Gasteiger partial charge in [0.05, 0.1) is 11.6 Å². The SMILES string of the molecule is Fc1cc2ncnc(Sc3nnnn3C3CC3)c2cc1F. The zero-order valence-electron chi connectivity index (χ0n) is 10.6. The van der Waals surface area contributed by atoms with Crippen LogP contribution in [-0.4, -0.2) is 30.2 Å². The zero-order valence-corrected chi connectivity index (χ0v) is 11.4. The first-order valence-electron chi connectivity index (χ1n) is 6.28. The number of aromatic nitrogens is 6. The van der Waals surface area contributed by atoms with Crippen LogP contribution in [-0.2, 0) is 0 Å². The maximum absolute atomic E-state index is 13.4. The number of tetrazole rings is 1. The fraction of sp³-hybridized carbons (Fsp3) is 0.250. The number of fused-ring (bicyclic) bond motifs is 1. The van der Waals surface area contributed by atoms with Crippen LogP contribution in [0.15, 0.2) is 28.6 Å². The van der Waals surface area contributed by atoms with Crippen LogP contribution < -0.4 is 0 Å². The van der Waals surface area contributed by atoms with Gasteiger partial charge in [-0.1, -0.05) is 0 Å². The van der Waals surface area contributed by atoms with Crippen molar-refractivity contribution in [3.05, 3.63) is 30.1 Å². The predicted octanol–water partition coefficient (Wildman–Crippen LogP) is 2.38. The van der Waals surface area contributed by atoms with Gasteiger partial charge in [0.15, 0.2) is 11.6 Å². The van der Waals surface area contributed by atoms with E-state index in [0.29, 0.717) is 27.1 Å². The molecule has 9 heteroatoms. The molecule has 0 atom stereocenters. The molecule has 0 N–H and O–H groups in total. The Bertz CT molecular complexity index is 832. The Balaban J connectivity index is 1.79. The van der Waals surface area contributed by atoms with Crippen LogP contribution in [0.1, 0.15) is 18.9 Å². The first kappa shape index (κ1) is 12.6. The molecule has 2 aromatic heterocycles. The summed E-state index contributed by atoms with van der Waals surface area (Å²) in [7, 11) is 0. The van der Waals surface area contributed by atoms with Gasteiger partial charge in [0.2, 0.25) is 5.16 Å². The Morgan fingerprint density at radius 2 is 1.95 bits per heavy atom. The average molecular weight is 306 g/mol. The van der Waals surface area contributed by atoms with Crippen LogP contribution in [0.3, 0.4) is 0 Å². The summed E-state index contributed by atoms with van der Waals surface area (Å²) in [5.74, 6) is -1.86. The second-order valence-electron chi connectivity index (χ2n) is 4.70. The van der Waals surface area contributed by atoms with Crippen molar-refractivity contribution < 1.29 is 8.78 Å². The monoisotopic (exact) mass is 306 g/mol. The van der Waals surface area contributed by atoms with E-state index in [9.17, 15) is 8.78 Å². The summed E-state index contributed by atoms with van der Waals surface area (Å²) in [4.78, 5) is 8.08. The van der Waals surface area contributed by atoms with Crippen LogP contribution in [0.5, 0.6) is 0 Å². The van der Waals surface area contributed by atoms with Crippen LogP contribution in [0, 0.1) is 11.6 Å². The summed E-state index contributed by atoms with van der Waals surface area (Å²) >= 11 is 1.22. The van der Waals surface area contributed by atoms with Gasteiger partial charge in [-0.05, 0) is 41.1 Å². The van der Waals surface area contributed by atoms with Crippen molar-refractivity contribution in [1.29, 1.82) is 0 Å². The molecule has 0 unspecified atom stereocenters. The highest BCUT2D eigenvalue weighted by atomic mass is 32.2. The minimum absolute atomic E-state index is 0.324. The van der Waals surface area contributed by atoms with Gasteiger partial charge in [-0.3, -0.25) is 0 Å². The van der Waals surface area contributed by atoms with Crippen LogP contribution in [0.2, 0.25) is 0 Å². The Kier molecular flexibility index (Phi) is 2.81. The van der Waals surface area contributed by atoms with E-state index in [4.69, 9.17) is 0 Å². The molecule has 106 valence electrons. The van der Waals surface area contributed by atoms with Crippen LogP contribution in [0.25, 0.3) is 10.9 Å². The van der Waals surface area contributed by atoms with Crippen molar-refractivity contribution in [2.45, 2.75) is 29.1 Å². The molecule has 1 aliphatic rings. The fourth-order valence-corrected chi connectivity index (χ4v) is 2.90. The molecule has 1 fully saturated rings. The molecule has 6 nitrogen and oxygen atoms in total. The van der Waals surface area contributed by atoms with Crippen LogP contribution in [0.4, 0.5) is 8.78 Å². The molecule has 0 radical (unpaired) electrons. The van der Waals surface area contributed by atoms with Gasteiger partial charge in [0.1, 0.15) is 11.4 Å². The van der Waals surface area contributed by atoms with Crippen molar-refractivity contribution >= 4 is 22.7 Å². The minimum Gasteiger partial charge on any atom is -0.236 e. The molecule has 0 aliphatic heterocycles. The molecule has 1 saturated carbocycles. The summed E-state index contributed by atoms with van der Waals surface area (Å²) < 4.78 is 28.4. The molecule has 21 heavy (non-hydrogen) atoms. The molecular weight excluding hydrogens is 298 g/mol. The van der Waals surface area contributed by atoms with E-state index in [1.54, 1.807) is 4.68 Å². The molecular formula is C12H8F2N6S. The molecule has 1 aromatic carbocycles. The van der Waals surface area contributed by atoms with Crippen molar-refractivity contribution in [2.24, 2.45) is 0 Å². The third kappa shape index (κ3) is 2.23. The van der Waals surface area contributed by atoms with Crippen molar-refractivity contribution in [3.8, 4) is 0 Å². The smallest absolute Gasteiger partial charge is 0.215 e. The van der Waals surface area contributed by atoms with Crippen molar-refractivity contribution in [2.75, 3.05) is 0 Å². The average Bonchev–Trinajstić information content (AvgIpc) is 3.21. The van der Waals surface area contributed by atoms with E-state index >= 15 is 0 Å². The third-order valence-electron chi connectivity index (χ3n) is 3.18. The second kappa shape index (κ2) is 4.69. The van der Waals surface area contributed by atoms with E-state index in [0.717, 1.165) is 25.0 Å². The number of hydrogen-bond donors (Lipinski definition) is 0. The van der Waals surface area contributed by atoms with Gasteiger partial charge >= 0.3 is 0 Å². The normalized spacial score (nSPS) is 14.8. The summed E-state index contributed by atoms with van der Waals surface area (Å²) in [6, 6.07) is 2.48. The standard InChI is InChI=1S/C12H8F2N6S/c13-8-3-7-10(4-9(8)14)15-5-16-11(7)21-12-17-18-19-20(12)6-1-2-6/h3-6H,1-2H2. The molecule has 3 aromatic rings. The summed E-state index contributed by atoms with van der Waals surface area (Å²) in [6.45, 7) is 0. The minimum atomic E-state index is -0.931. The molecule has 0 spiro atoms. The Morgan fingerprint density at radius 3 is 2.76 bits per heavy atom. The molecule has 2 heterocycles. The van der Waals surface area contributed by atoms with Crippen molar-refractivity contribution in [3.63, 3.8) is 0 Å². The molecule has 0 amide bonds. The summed E-state index contributed by atoms with van der Waals surface area (Å²) in [5.41, 5.74) is 0.344. The fourth-order valence-electron chi connectivity index (χ4n) is 2.00. The van der Waals surface area contributed by atoms with Crippen molar-refractivity contribution in [1.82, 2.24) is 30.2 Å². The lowest BCUT2D eigenvalue weighted by molar-refractivity contribution is 0.510. The Morgan fingerprint density at radius 1 is 1.14 bits per heavy atom. The lowest BCUT2D eigenvalue weighted by Gasteiger charge is -2.05. The molecule has 0 bridgehead atoms. The predicted molar refractivity (Wildman–Crippen MR) is 69.7 cm³/mol. The highest BCUT2D eigenvalue weighted by Crippen LogP contribution is 2.38. The van der Waals surface area contributed by atoms with E-state index in [2.05, 4.69) is 25.5 Å². The maximum Gasteiger partial charge on any atom is 0.215 e. The van der Waals surface area contributed by atoms with Gasteiger partial charge < -0.3 is 0 Å². The van der Waals surface area contributed by atoms with E-state index in [-0.39, 0.29) is 0 Å². The van der Waals surface area contributed by atoms with Gasteiger partial charge in [-0.25, -0.2) is 23.4 Å². The molecule has 1 aliphatic carbocycles. The van der Waals surface area contributed by atoms with Crippen LogP contribution >= 0.6 is 11.8 Å². The zero-order chi connectivity index (χ0) is 14.4. The highest BCUT2D eigenvalue weighted by Gasteiger charge is 2.28. The second-order valence-corrected chi connectivity index (χ2v) is 5.66. The number of rotatable bonds is 3. The Labute approximate surface area is 121 Å².